The molecule has 17 heavy (non-hydrogen) atoms. The van der Waals surface area contributed by atoms with E-state index in [2.05, 4.69) is 12.6 Å². The Bertz CT molecular complexity index is 258. The van der Waals surface area contributed by atoms with Crippen molar-refractivity contribution in [2.75, 3.05) is 13.2 Å². The van der Waals surface area contributed by atoms with Gasteiger partial charge in [0, 0.05) is 13.5 Å². The van der Waals surface area contributed by atoms with E-state index in [4.69, 9.17) is 9.47 Å². The molecule has 0 N–H and O–H groups in total. The standard InChI is InChI=1S/C12H23NO3S/c1-8(2)16-12-5-11(7-15-10(4)17)13(6-12)9(3)14/h8,10-12,17H,5-7H2,1-4H3/t10?,11-,12+/m0/s1. The van der Waals surface area contributed by atoms with Gasteiger partial charge in [0.1, 0.15) is 0 Å². The highest BCUT2D eigenvalue weighted by atomic mass is 32.1. The van der Waals surface area contributed by atoms with E-state index in [-0.39, 0.29) is 29.6 Å². The highest BCUT2D eigenvalue weighted by Crippen LogP contribution is 2.22. The SMILES string of the molecule is CC(=O)N1C[C@H](OC(C)C)C[C@H]1COC(C)S. The summed E-state index contributed by atoms with van der Waals surface area (Å²) < 4.78 is 11.2. The molecular weight excluding hydrogens is 238 g/mol. The Morgan fingerprint density at radius 1 is 1.47 bits per heavy atom. The van der Waals surface area contributed by atoms with Gasteiger partial charge in [0.15, 0.2) is 0 Å². The zero-order valence-electron chi connectivity index (χ0n) is 11.0. The molecule has 1 aliphatic rings. The van der Waals surface area contributed by atoms with Crippen molar-refractivity contribution in [2.24, 2.45) is 0 Å². The first kappa shape index (κ1) is 14.8. The molecule has 1 rings (SSSR count). The van der Waals surface area contributed by atoms with Crippen LogP contribution in [0, 0.1) is 0 Å². The Labute approximate surface area is 109 Å². The molecule has 0 radical (unpaired) electrons. The van der Waals surface area contributed by atoms with Gasteiger partial charge in [-0.3, -0.25) is 4.79 Å². The summed E-state index contributed by atoms with van der Waals surface area (Å²) in [6.45, 7) is 8.69. The summed E-state index contributed by atoms with van der Waals surface area (Å²) in [5, 5.41) is 0. The van der Waals surface area contributed by atoms with Crippen molar-refractivity contribution in [3.63, 3.8) is 0 Å². The number of amides is 1. The Morgan fingerprint density at radius 3 is 2.59 bits per heavy atom. The Hall–Kier alpha value is -0.260. The van der Waals surface area contributed by atoms with Crippen LogP contribution in [-0.2, 0) is 14.3 Å². The lowest BCUT2D eigenvalue weighted by molar-refractivity contribution is -0.131. The third-order valence-electron chi connectivity index (χ3n) is 2.77. The molecule has 1 unspecified atom stereocenters. The van der Waals surface area contributed by atoms with Crippen molar-refractivity contribution in [3.05, 3.63) is 0 Å². The number of likely N-dealkylation sites (tertiary alicyclic amines) is 1. The molecule has 1 fully saturated rings. The second-order valence-electron chi connectivity index (χ2n) is 4.80. The quantitative estimate of drug-likeness (QED) is 0.604. The average molecular weight is 261 g/mol. The lowest BCUT2D eigenvalue weighted by atomic mass is 10.2. The van der Waals surface area contributed by atoms with Crippen LogP contribution in [0.2, 0.25) is 0 Å². The van der Waals surface area contributed by atoms with Crippen molar-refractivity contribution < 1.29 is 14.3 Å². The lowest BCUT2D eigenvalue weighted by Crippen LogP contribution is -2.37. The average Bonchev–Trinajstić information content (AvgIpc) is 2.57. The van der Waals surface area contributed by atoms with Crippen LogP contribution in [0.25, 0.3) is 0 Å². The van der Waals surface area contributed by atoms with E-state index in [9.17, 15) is 4.79 Å². The maximum atomic E-state index is 11.5. The minimum absolute atomic E-state index is 0.0836. The first-order valence-corrected chi connectivity index (χ1v) is 6.64. The molecule has 1 saturated heterocycles. The van der Waals surface area contributed by atoms with Crippen molar-refractivity contribution >= 4 is 18.5 Å². The van der Waals surface area contributed by atoms with Crippen LogP contribution in [-0.4, -0.2) is 47.6 Å². The molecule has 0 aromatic carbocycles. The predicted octanol–water partition coefficient (Wildman–Crippen LogP) is 1.69. The summed E-state index contributed by atoms with van der Waals surface area (Å²) in [5.74, 6) is 0.0836. The number of ether oxygens (including phenoxy) is 2. The van der Waals surface area contributed by atoms with Gasteiger partial charge >= 0.3 is 0 Å². The van der Waals surface area contributed by atoms with E-state index in [0.717, 1.165) is 6.42 Å². The van der Waals surface area contributed by atoms with E-state index < -0.39 is 0 Å². The van der Waals surface area contributed by atoms with Gasteiger partial charge < -0.3 is 14.4 Å². The highest BCUT2D eigenvalue weighted by Gasteiger charge is 2.34. The maximum absolute atomic E-state index is 11.5. The number of hydrogen-bond acceptors (Lipinski definition) is 4. The maximum Gasteiger partial charge on any atom is 0.219 e. The second-order valence-corrected chi connectivity index (χ2v) is 5.53. The van der Waals surface area contributed by atoms with Crippen LogP contribution in [0.5, 0.6) is 0 Å². The summed E-state index contributed by atoms with van der Waals surface area (Å²) >= 11 is 4.17. The number of carbonyl (C=O) groups is 1. The zero-order valence-corrected chi connectivity index (χ0v) is 11.9. The van der Waals surface area contributed by atoms with Crippen molar-refractivity contribution in [1.82, 2.24) is 4.90 Å². The molecule has 0 spiro atoms. The van der Waals surface area contributed by atoms with Crippen LogP contribution < -0.4 is 0 Å². The molecule has 0 aliphatic carbocycles. The monoisotopic (exact) mass is 261 g/mol. The Kier molecular flexibility index (Phi) is 5.76. The normalized spacial score (nSPS) is 26.6. The van der Waals surface area contributed by atoms with Gasteiger partial charge in [-0.25, -0.2) is 0 Å². The lowest BCUT2D eigenvalue weighted by Gasteiger charge is -2.23. The van der Waals surface area contributed by atoms with E-state index >= 15 is 0 Å². The first-order valence-electron chi connectivity index (χ1n) is 6.12. The smallest absolute Gasteiger partial charge is 0.219 e. The predicted molar refractivity (Wildman–Crippen MR) is 70.2 cm³/mol. The first-order chi connectivity index (χ1) is 7.90. The summed E-state index contributed by atoms with van der Waals surface area (Å²) in [6, 6.07) is 0.117. The molecule has 0 saturated carbocycles. The van der Waals surface area contributed by atoms with Crippen LogP contribution in [0.4, 0.5) is 0 Å². The van der Waals surface area contributed by atoms with Gasteiger partial charge in [0.2, 0.25) is 5.91 Å². The summed E-state index contributed by atoms with van der Waals surface area (Å²) in [5.41, 5.74) is -0.103. The molecule has 1 heterocycles. The molecule has 3 atom stereocenters. The molecule has 0 aromatic heterocycles. The van der Waals surface area contributed by atoms with Gasteiger partial charge in [0.25, 0.3) is 0 Å². The van der Waals surface area contributed by atoms with Crippen LogP contribution in [0.3, 0.4) is 0 Å². The van der Waals surface area contributed by atoms with Crippen LogP contribution in [0.15, 0.2) is 0 Å². The molecule has 1 aliphatic heterocycles. The fraction of sp³-hybridized carbons (Fsp3) is 0.917. The third kappa shape index (κ3) is 4.85. The van der Waals surface area contributed by atoms with E-state index in [1.165, 1.54) is 0 Å². The number of nitrogens with zero attached hydrogens (tertiary/aromatic N) is 1. The van der Waals surface area contributed by atoms with E-state index in [0.29, 0.717) is 13.2 Å². The number of rotatable bonds is 5. The number of thiol groups is 1. The molecule has 1 amide bonds. The van der Waals surface area contributed by atoms with Crippen LogP contribution >= 0.6 is 12.6 Å². The van der Waals surface area contributed by atoms with E-state index in [1.807, 2.05) is 25.7 Å². The van der Waals surface area contributed by atoms with Gasteiger partial charge in [-0.05, 0) is 27.2 Å². The minimum Gasteiger partial charge on any atom is -0.374 e. The molecular formula is C12H23NO3S. The minimum atomic E-state index is -0.103. The van der Waals surface area contributed by atoms with Crippen LogP contribution in [0.1, 0.15) is 34.1 Å². The molecule has 0 bridgehead atoms. The molecule has 4 nitrogen and oxygen atoms in total. The second kappa shape index (κ2) is 6.61. The van der Waals surface area contributed by atoms with Crippen molar-refractivity contribution in [3.8, 4) is 0 Å². The van der Waals surface area contributed by atoms with Crippen molar-refractivity contribution in [2.45, 2.75) is 57.8 Å². The highest BCUT2D eigenvalue weighted by molar-refractivity contribution is 7.80. The molecule has 100 valence electrons. The summed E-state index contributed by atoms with van der Waals surface area (Å²) in [7, 11) is 0. The largest absolute Gasteiger partial charge is 0.374 e. The zero-order chi connectivity index (χ0) is 13.0. The topological polar surface area (TPSA) is 38.8 Å². The van der Waals surface area contributed by atoms with Gasteiger partial charge in [-0.2, -0.15) is 0 Å². The van der Waals surface area contributed by atoms with E-state index in [1.54, 1.807) is 6.92 Å². The van der Waals surface area contributed by atoms with Gasteiger partial charge in [-0.15, -0.1) is 12.6 Å². The Balaban J connectivity index is 2.51. The molecule has 0 aromatic rings. The summed E-state index contributed by atoms with van der Waals surface area (Å²) in [4.78, 5) is 13.4. The molecule has 5 heteroatoms. The Morgan fingerprint density at radius 2 is 2.12 bits per heavy atom. The summed E-state index contributed by atoms with van der Waals surface area (Å²) in [6.07, 6.45) is 1.16. The fourth-order valence-corrected chi connectivity index (χ4v) is 2.24. The van der Waals surface area contributed by atoms with Gasteiger partial charge in [0.05, 0.1) is 30.3 Å². The number of carbonyl (C=O) groups excluding carboxylic acids is 1. The third-order valence-corrected chi connectivity index (χ3v) is 2.92. The van der Waals surface area contributed by atoms with Crippen molar-refractivity contribution in [1.29, 1.82) is 0 Å². The fourth-order valence-electron chi connectivity index (χ4n) is 2.15. The number of hydrogen-bond donors (Lipinski definition) is 1. The van der Waals surface area contributed by atoms with Gasteiger partial charge in [-0.1, -0.05) is 0 Å².